The van der Waals surface area contributed by atoms with Crippen LogP contribution in [0, 0.1) is 22.7 Å². The van der Waals surface area contributed by atoms with Crippen LogP contribution >= 0.6 is 0 Å². The molecule has 4 atom stereocenters. The smallest absolute Gasteiger partial charge is 0.146 e. The van der Waals surface area contributed by atoms with Crippen molar-refractivity contribution in [1.82, 2.24) is 0 Å². The highest BCUT2D eigenvalue weighted by Crippen LogP contribution is 2.62. The predicted molar refractivity (Wildman–Crippen MR) is 89.8 cm³/mol. The maximum Gasteiger partial charge on any atom is 0.146 e. The zero-order valence-electron chi connectivity index (χ0n) is 14.5. The first-order valence-electron chi connectivity index (χ1n) is 8.87. The van der Waals surface area contributed by atoms with Crippen molar-refractivity contribution in [3.05, 3.63) is 22.8 Å². The highest BCUT2D eigenvalue weighted by atomic mass is 16.3. The first kappa shape index (κ1) is 16.6. The molecule has 23 heavy (non-hydrogen) atoms. The van der Waals surface area contributed by atoms with E-state index in [-0.39, 0.29) is 41.5 Å². The largest absolute Gasteiger partial charge is 0.396 e. The number of aliphatic hydroxyl groups excluding tert-OH is 1. The highest BCUT2D eigenvalue weighted by Gasteiger charge is 2.54. The van der Waals surface area contributed by atoms with Gasteiger partial charge in [-0.2, -0.15) is 0 Å². The molecule has 0 aromatic carbocycles. The minimum absolute atomic E-state index is 0.168. The second-order valence-corrected chi connectivity index (χ2v) is 8.29. The van der Waals surface area contributed by atoms with E-state index in [0.717, 1.165) is 38.4 Å². The number of rotatable bonds is 3. The molecule has 3 heteroatoms. The van der Waals surface area contributed by atoms with Gasteiger partial charge in [0.05, 0.1) is 0 Å². The summed E-state index contributed by atoms with van der Waals surface area (Å²) in [6, 6.07) is 0. The second kappa shape index (κ2) is 5.70. The van der Waals surface area contributed by atoms with Gasteiger partial charge in [0, 0.05) is 24.4 Å². The summed E-state index contributed by atoms with van der Waals surface area (Å²) in [5.74, 6) is 0.579. The molecule has 0 heterocycles. The summed E-state index contributed by atoms with van der Waals surface area (Å²) in [6.07, 6.45) is 8.02. The molecule has 3 aliphatic carbocycles. The van der Waals surface area contributed by atoms with Gasteiger partial charge in [-0.15, -0.1) is 0 Å². The minimum Gasteiger partial charge on any atom is -0.396 e. The average molecular weight is 316 g/mol. The Labute approximate surface area is 138 Å². The lowest BCUT2D eigenvalue weighted by Gasteiger charge is -2.48. The first-order chi connectivity index (χ1) is 10.9. The Hall–Kier alpha value is -1.22. The quantitative estimate of drug-likeness (QED) is 0.639. The molecule has 126 valence electrons. The third-order valence-corrected chi connectivity index (χ3v) is 6.89. The summed E-state index contributed by atoms with van der Waals surface area (Å²) < 4.78 is 0. The van der Waals surface area contributed by atoms with Crippen molar-refractivity contribution in [2.45, 2.75) is 59.3 Å². The van der Waals surface area contributed by atoms with Gasteiger partial charge in [-0.1, -0.05) is 38.0 Å². The lowest BCUT2D eigenvalue weighted by atomic mass is 9.54. The number of fused-ring (bicyclic) bond motifs is 3. The van der Waals surface area contributed by atoms with Crippen LogP contribution in [0.3, 0.4) is 0 Å². The summed E-state index contributed by atoms with van der Waals surface area (Å²) in [5.41, 5.74) is 3.26. The van der Waals surface area contributed by atoms with E-state index in [1.54, 1.807) is 0 Å². The van der Waals surface area contributed by atoms with E-state index in [4.69, 9.17) is 0 Å². The van der Waals surface area contributed by atoms with Gasteiger partial charge in [0.15, 0.2) is 0 Å². The van der Waals surface area contributed by atoms with Crippen molar-refractivity contribution in [1.29, 1.82) is 0 Å². The number of hydrogen-bond acceptors (Lipinski definition) is 3. The molecule has 1 saturated carbocycles. The van der Waals surface area contributed by atoms with Crippen LogP contribution in [0.15, 0.2) is 22.8 Å². The number of carbonyl (C=O) groups excluding carboxylic acids is 2. The van der Waals surface area contributed by atoms with E-state index in [2.05, 4.69) is 20.8 Å². The Balaban J connectivity index is 2.12. The summed E-state index contributed by atoms with van der Waals surface area (Å²) in [7, 11) is 0. The summed E-state index contributed by atoms with van der Waals surface area (Å²) in [6.45, 7) is 6.69. The van der Waals surface area contributed by atoms with E-state index < -0.39 is 0 Å². The predicted octanol–water partition coefficient (Wildman–Crippen LogP) is 3.62. The van der Waals surface area contributed by atoms with Crippen molar-refractivity contribution in [2.24, 2.45) is 22.7 Å². The van der Waals surface area contributed by atoms with Gasteiger partial charge in [-0.3, -0.25) is 9.59 Å². The molecule has 0 aliphatic heterocycles. The number of carbonyl (C=O) groups is 2. The van der Waals surface area contributed by atoms with Gasteiger partial charge in [-0.05, 0) is 49.0 Å². The molecule has 0 amide bonds. The van der Waals surface area contributed by atoms with Crippen LogP contribution < -0.4 is 0 Å². The van der Waals surface area contributed by atoms with E-state index in [1.165, 1.54) is 11.1 Å². The second-order valence-electron chi connectivity index (χ2n) is 8.29. The summed E-state index contributed by atoms with van der Waals surface area (Å²) in [5, 5.41) is 9.66. The fourth-order valence-electron chi connectivity index (χ4n) is 5.15. The number of ketones is 1. The zero-order chi connectivity index (χ0) is 16.8. The maximum atomic E-state index is 12.9. The van der Waals surface area contributed by atoms with Crippen molar-refractivity contribution >= 4 is 12.1 Å². The van der Waals surface area contributed by atoms with Crippen molar-refractivity contribution < 1.29 is 14.7 Å². The normalized spacial score (nSPS) is 38.5. The van der Waals surface area contributed by atoms with Crippen molar-refractivity contribution in [2.75, 3.05) is 6.61 Å². The van der Waals surface area contributed by atoms with E-state index in [1.807, 2.05) is 6.08 Å². The van der Waals surface area contributed by atoms with Crippen LogP contribution in [0.5, 0.6) is 0 Å². The Kier molecular flexibility index (Phi) is 4.12. The molecular weight excluding hydrogens is 288 g/mol. The van der Waals surface area contributed by atoms with Gasteiger partial charge < -0.3 is 5.11 Å². The van der Waals surface area contributed by atoms with Crippen molar-refractivity contribution in [3.63, 3.8) is 0 Å². The van der Waals surface area contributed by atoms with E-state index >= 15 is 0 Å². The Morgan fingerprint density at radius 1 is 1.35 bits per heavy atom. The fourth-order valence-corrected chi connectivity index (χ4v) is 5.15. The SMILES string of the molecule is C[C@H](CO)C1=C2[C@H]3CC=C(C=O)CC(=O)[C@]3(C)CC[C@@]2(C)CC1. The standard InChI is InChI=1S/C20H28O3/c1-13(11-21)15-6-7-19(2)8-9-20(3)16(18(15)19)5-4-14(12-22)10-17(20)23/h4,12-13,16,21H,5-11H2,1-3H3/t13-,16-,19-,20-/m1/s1. The molecule has 3 aliphatic rings. The van der Waals surface area contributed by atoms with Crippen LogP contribution in [-0.4, -0.2) is 23.8 Å². The number of aliphatic hydroxyl groups is 1. The third-order valence-electron chi connectivity index (χ3n) is 6.89. The topological polar surface area (TPSA) is 54.4 Å². The lowest BCUT2D eigenvalue weighted by molar-refractivity contribution is -0.131. The Bertz CT molecular complexity index is 600. The molecule has 0 spiro atoms. The van der Waals surface area contributed by atoms with Gasteiger partial charge in [0.25, 0.3) is 0 Å². The maximum absolute atomic E-state index is 12.9. The third kappa shape index (κ3) is 2.44. The number of Topliss-reactive ketones (excluding diaryl/α,β-unsaturated/α-hetero) is 1. The number of aldehydes is 1. The number of hydrogen-bond donors (Lipinski definition) is 1. The number of allylic oxidation sites excluding steroid dienone is 3. The monoisotopic (exact) mass is 316 g/mol. The van der Waals surface area contributed by atoms with Gasteiger partial charge in [0.2, 0.25) is 0 Å². The lowest BCUT2D eigenvalue weighted by Crippen LogP contribution is -2.44. The molecule has 3 rings (SSSR count). The van der Waals surface area contributed by atoms with Crippen LogP contribution in [-0.2, 0) is 9.59 Å². The summed E-state index contributed by atoms with van der Waals surface area (Å²) >= 11 is 0. The molecular formula is C20H28O3. The molecule has 0 aromatic rings. The molecule has 1 N–H and O–H groups in total. The highest BCUT2D eigenvalue weighted by molar-refractivity contribution is 5.93. The zero-order valence-corrected chi connectivity index (χ0v) is 14.5. The fraction of sp³-hybridized carbons (Fsp3) is 0.700. The molecule has 0 radical (unpaired) electrons. The average Bonchev–Trinajstić information content (AvgIpc) is 2.83. The van der Waals surface area contributed by atoms with Crippen LogP contribution in [0.2, 0.25) is 0 Å². The van der Waals surface area contributed by atoms with Crippen LogP contribution in [0.1, 0.15) is 59.3 Å². The van der Waals surface area contributed by atoms with Crippen LogP contribution in [0.4, 0.5) is 0 Å². The van der Waals surface area contributed by atoms with E-state index in [0.29, 0.717) is 5.57 Å². The molecule has 0 saturated heterocycles. The molecule has 0 bridgehead atoms. The van der Waals surface area contributed by atoms with Crippen molar-refractivity contribution in [3.8, 4) is 0 Å². The van der Waals surface area contributed by atoms with Gasteiger partial charge >= 0.3 is 0 Å². The minimum atomic E-state index is -0.360. The van der Waals surface area contributed by atoms with E-state index in [9.17, 15) is 14.7 Å². The summed E-state index contributed by atoms with van der Waals surface area (Å²) in [4.78, 5) is 24.1. The van der Waals surface area contributed by atoms with Gasteiger partial charge in [-0.25, -0.2) is 0 Å². The Morgan fingerprint density at radius 2 is 2.09 bits per heavy atom. The molecule has 0 aromatic heterocycles. The Morgan fingerprint density at radius 3 is 2.74 bits per heavy atom. The molecule has 3 nitrogen and oxygen atoms in total. The molecule has 0 unspecified atom stereocenters. The first-order valence-corrected chi connectivity index (χ1v) is 8.87. The molecule has 1 fully saturated rings. The van der Waals surface area contributed by atoms with Gasteiger partial charge in [0.1, 0.15) is 12.1 Å². The van der Waals surface area contributed by atoms with Crippen LogP contribution in [0.25, 0.3) is 0 Å².